The number of aromatic amines is 1. The number of non-ortho nitro benzene ring substituents is 1. The van der Waals surface area contributed by atoms with Crippen LogP contribution in [0.5, 0.6) is 5.75 Å². The van der Waals surface area contributed by atoms with Crippen LogP contribution in [0.1, 0.15) is 26.3 Å². The summed E-state index contributed by atoms with van der Waals surface area (Å²) in [4.78, 5) is 41.1. The van der Waals surface area contributed by atoms with Crippen LogP contribution in [-0.4, -0.2) is 26.6 Å². The van der Waals surface area contributed by atoms with Crippen molar-refractivity contribution in [2.24, 2.45) is 0 Å². The Hall–Kier alpha value is -4.47. The molecule has 2 aromatic heterocycles. The Morgan fingerprint density at radius 3 is 2.41 bits per heavy atom. The summed E-state index contributed by atoms with van der Waals surface area (Å²) in [6.45, 7) is 6.02. The van der Waals surface area contributed by atoms with Gasteiger partial charge in [-0.15, -0.1) is 0 Å². The van der Waals surface area contributed by atoms with E-state index in [0.717, 1.165) is 5.56 Å². The lowest BCUT2D eigenvalue weighted by molar-refractivity contribution is -0.384. The Morgan fingerprint density at radius 1 is 1.12 bits per heavy atom. The largest absolute Gasteiger partial charge is 0.496 e. The number of hydrogen-bond acceptors (Lipinski definition) is 7. The van der Waals surface area contributed by atoms with Gasteiger partial charge in [0.25, 0.3) is 11.2 Å². The second-order valence-electron chi connectivity index (χ2n) is 8.64. The average Bonchev–Trinajstić information content (AvgIpc) is 3.28. The van der Waals surface area contributed by atoms with Gasteiger partial charge < -0.3 is 9.15 Å². The molecule has 0 unspecified atom stereocenters. The zero-order valence-electron chi connectivity index (χ0n) is 19.0. The number of methoxy groups -OCH3 is 1. The van der Waals surface area contributed by atoms with Crippen molar-refractivity contribution in [1.29, 1.82) is 0 Å². The first-order valence-corrected chi connectivity index (χ1v) is 10.3. The smallest absolute Gasteiger partial charge is 0.332 e. The molecule has 0 saturated carbocycles. The lowest BCUT2D eigenvalue weighted by Crippen LogP contribution is -2.27. The van der Waals surface area contributed by atoms with Crippen molar-refractivity contribution in [3.05, 3.63) is 91.4 Å². The van der Waals surface area contributed by atoms with Gasteiger partial charge in [-0.05, 0) is 29.7 Å². The predicted octanol–water partition coefficient (Wildman–Crippen LogP) is 4.06. The van der Waals surface area contributed by atoms with Gasteiger partial charge in [0.15, 0.2) is 5.76 Å². The van der Waals surface area contributed by atoms with Gasteiger partial charge in [0, 0.05) is 35.5 Å². The van der Waals surface area contributed by atoms with Crippen LogP contribution in [0, 0.1) is 10.1 Å². The standard InChI is InChI=1S/C24H22N4O6/c1-24(2,3)18-12-16(27-10-9-20(29)26-23(27)30)11-17(21(18)33-4)22-25-13-19(34-22)14-5-7-15(8-6-14)28(31)32/h5-13H,1-4H3,(H,26,29,30). The molecule has 10 heteroatoms. The number of nitrogens with zero attached hydrogens (tertiary/aromatic N) is 3. The van der Waals surface area contributed by atoms with Gasteiger partial charge in [0.05, 0.1) is 29.5 Å². The van der Waals surface area contributed by atoms with E-state index in [1.165, 1.54) is 35.2 Å². The fraction of sp³-hybridized carbons (Fsp3) is 0.208. The highest BCUT2D eigenvalue weighted by atomic mass is 16.6. The molecule has 34 heavy (non-hydrogen) atoms. The minimum atomic E-state index is -0.581. The van der Waals surface area contributed by atoms with Gasteiger partial charge in [0.1, 0.15) is 5.75 Å². The first kappa shape index (κ1) is 22.7. The van der Waals surface area contributed by atoms with Crippen molar-refractivity contribution in [3.63, 3.8) is 0 Å². The van der Waals surface area contributed by atoms with Gasteiger partial charge in [-0.3, -0.25) is 24.5 Å². The van der Waals surface area contributed by atoms with Crippen LogP contribution in [-0.2, 0) is 5.41 Å². The summed E-state index contributed by atoms with van der Waals surface area (Å²) in [6, 6.07) is 10.7. The Kier molecular flexibility index (Phi) is 5.66. The number of aromatic nitrogens is 3. The van der Waals surface area contributed by atoms with Crippen molar-refractivity contribution in [2.75, 3.05) is 7.11 Å². The third-order valence-electron chi connectivity index (χ3n) is 5.29. The maximum absolute atomic E-state index is 12.5. The van der Waals surface area contributed by atoms with Crippen LogP contribution < -0.4 is 16.0 Å². The summed E-state index contributed by atoms with van der Waals surface area (Å²) in [5.74, 6) is 1.19. The maximum atomic E-state index is 12.5. The van der Waals surface area contributed by atoms with E-state index in [1.807, 2.05) is 26.8 Å². The molecule has 0 amide bonds. The number of hydrogen-bond donors (Lipinski definition) is 1. The SMILES string of the molecule is COc1c(-c2ncc(-c3ccc([N+](=O)[O-])cc3)o2)cc(-n2ccc(=O)[nH]c2=O)cc1C(C)(C)C. The lowest BCUT2D eigenvalue weighted by Gasteiger charge is -2.24. The van der Waals surface area contributed by atoms with Gasteiger partial charge >= 0.3 is 5.69 Å². The normalized spacial score (nSPS) is 11.4. The zero-order chi connectivity index (χ0) is 24.6. The van der Waals surface area contributed by atoms with Crippen LogP contribution in [0.25, 0.3) is 28.5 Å². The van der Waals surface area contributed by atoms with E-state index in [4.69, 9.17) is 9.15 Å². The third kappa shape index (κ3) is 4.25. The van der Waals surface area contributed by atoms with Crippen molar-refractivity contribution >= 4 is 5.69 Å². The summed E-state index contributed by atoms with van der Waals surface area (Å²) < 4.78 is 13.1. The van der Waals surface area contributed by atoms with Crippen LogP contribution in [0.2, 0.25) is 0 Å². The molecular weight excluding hydrogens is 440 g/mol. The molecule has 10 nitrogen and oxygen atoms in total. The van der Waals surface area contributed by atoms with Crippen molar-refractivity contribution in [3.8, 4) is 34.2 Å². The molecule has 0 aliphatic carbocycles. The molecule has 0 saturated heterocycles. The summed E-state index contributed by atoms with van der Waals surface area (Å²) in [6.07, 6.45) is 2.92. The van der Waals surface area contributed by atoms with E-state index in [9.17, 15) is 19.7 Å². The van der Waals surface area contributed by atoms with Crippen LogP contribution in [0.15, 0.2) is 68.9 Å². The van der Waals surface area contributed by atoms with E-state index >= 15 is 0 Å². The highest BCUT2D eigenvalue weighted by Gasteiger charge is 2.26. The van der Waals surface area contributed by atoms with Crippen molar-refractivity contribution < 1.29 is 14.1 Å². The molecule has 0 atom stereocenters. The maximum Gasteiger partial charge on any atom is 0.332 e. The van der Waals surface area contributed by atoms with Crippen LogP contribution in [0.3, 0.4) is 0 Å². The molecule has 0 radical (unpaired) electrons. The molecule has 0 fully saturated rings. The molecule has 174 valence electrons. The van der Waals surface area contributed by atoms with E-state index in [2.05, 4.69) is 9.97 Å². The molecule has 2 aromatic carbocycles. The number of H-pyrrole nitrogens is 1. The first-order valence-electron chi connectivity index (χ1n) is 10.3. The predicted molar refractivity (Wildman–Crippen MR) is 125 cm³/mol. The molecule has 4 aromatic rings. The number of ether oxygens (including phenoxy) is 1. The molecular formula is C24H22N4O6. The number of nitro benzene ring substituents is 1. The highest BCUT2D eigenvalue weighted by Crippen LogP contribution is 2.41. The number of oxazole rings is 1. The lowest BCUT2D eigenvalue weighted by atomic mass is 9.84. The topological polar surface area (TPSA) is 133 Å². The quantitative estimate of drug-likeness (QED) is 0.349. The fourth-order valence-corrected chi connectivity index (χ4v) is 3.59. The number of nitro groups is 1. The molecule has 0 bridgehead atoms. The average molecular weight is 462 g/mol. The number of rotatable bonds is 5. The van der Waals surface area contributed by atoms with Gasteiger partial charge in [-0.25, -0.2) is 9.78 Å². The molecule has 0 aliphatic heterocycles. The number of nitrogens with one attached hydrogen (secondary N) is 1. The highest BCUT2D eigenvalue weighted by molar-refractivity contribution is 5.72. The summed E-state index contributed by atoms with van der Waals surface area (Å²) in [5.41, 5.74) is 0.958. The second kappa shape index (κ2) is 8.47. The summed E-state index contributed by atoms with van der Waals surface area (Å²) in [5, 5.41) is 10.9. The Balaban J connectivity index is 1.89. The Bertz CT molecular complexity index is 1490. The first-order chi connectivity index (χ1) is 16.1. The molecule has 1 N–H and O–H groups in total. The number of benzene rings is 2. The minimum Gasteiger partial charge on any atom is -0.496 e. The van der Waals surface area contributed by atoms with Crippen LogP contribution >= 0.6 is 0 Å². The van der Waals surface area contributed by atoms with E-state index in [1.54, 1.807) is 25.3 Å². The van der Waals surface area contributed by atoms with E-state index in [-0.39, 0.29) is 17.0 Å². The van der Waals surface area contributed by atoms with Gasteiger partial charge in [-0.1, -0.05) is 20.8 Å². The summed E-state index contributed by atoms with van der Waals surface area (Å²) in [7, 11) is 1.54. The third-order valence-corrected chi connectivity index (χ3v) is 5.29. The zero-order valence-corrected chi connectivity index (χ0v) is 19.0. The molecule has 2 heterocycles. The minimum absolute atomic E-state index is 0.0287. The van der Waals surface area contributed by atoms with Gasteiger partial charge in [0.2, 0.25) is 5.89 Å². The summed E-state index contributed by atoms with van der Waals surface area (Å²) >= 11 is 0. The van der Waals surface area contributed by atoms with Crippen molar-refractivity contribution in [1.82, 2.24) is 14.5 Å². The van der Waals surface area contributed by atoms with Crippen molar-refractivity contribution in [2.45, 2.75) is 26.2 Å². The molecule has 4 rings (SSSR count). The fourth-order valence-electron chi connectivity index (χ4n) is 3.59. The molecule has 0 aliphatic rings. The Labute approximate surface area is 193 Å². The van der Waals surface area contributed by atoms with E-state index < -0.39 is 16.2 Å². The van der Waals surface area contributed by atoms with Crippen LogP contribution in [0.4, 0.5) is 5.69 Å². The van der Waals surface area contributed by atoms with E-state index in [0.29, 0.717) is 28.3 Å². The Morgan fingerprint density at radius 2 is 1.82 bits per heavy atom. The van der Waals surface area contributed by atoms with Gasteiger partial charge in [-0.2, -0.15) is 0 Å². The monoisotopic (exact) mass is 462 g/mol. The second-order valence-corrected chi connectivity index (χ2v) is 8.64. The molecule has 0 spiro atoms.